The molecular formula is C11H14F3NO3S. The number of hydrogen-bond acceptors (Lipinski definition) is 3. The SMILES string of the molecule is C[C@H](CO)N(C)S(=O)(=O)c1cccc(C(F)(F)F)c1. The van der Waals surface area contributed by atoms with Gasteiger partial charge >= 0.3 is 6.18 Å². The predicted octanol–water partition coefficient (Wildman–Crippen LogP) is 1.71. The van der Waals surface area contributed by atoms with Gasteiger partial charge < -0.3 is 5.11 Å². The van der Waals surface area contributed by atoms with Gasteiger partial charge in [0.05, 0.1) is 17.1 Å². The van der Waals surface area contributed by atoms with Crippen LogP contribution in [0.2, 0.25) is 0 Å². The maximum absolute atomic E-state index is 12.5. The normalized spacial score (nSPS) is 14.7. The highest BCUT2D eigenvalue weighted by atomic mass is 32.2. The fourth-order valence-electron chi connectivity index (χ4n) is 1.35. The monoisotopic (exact) mass is 297 g/mol. The zero-order chi connectivity index (χ0) is 14.8. The van der Waals surface area contributed by atoms with E-state index in [1.54, 1.807) is 0 Å². The van der Waals surface area contributed by atoms with Gasteiger partial charge in [0, 0.05) is 13.1 Å². The molecule has 1 aromatic rings. The summed E-state index contributed by atoms with van der Waals surface area (Å²) >= 11 is 0. The number of aliphatic hydroxyl groups is 1. The number of rotatable bonds is 4. The predicted molar refractivity (Wildman–Crippen MR) is 62.9 cm³/mol. The van der Waals surface area contributed by atoms with E-state index < -0.39 is 39.3 Å². The van der Waals surface area contributed by atoms with E-state index >= 15 is 0 Å². The van der Waals surface area contributed by atoms with Crippen LogP contribution in [0.15, 0.2) is 29.2 Å². The van der Waals surface area contributed by atoms with Crippen LogP contribution in [0.4, 0.5) is 13.2 Å². The molecule has 0 spiro atoms. The number of nitrogens with zero attached hydrogens (tertiary/aromatic N) is 1. The van der Waals surface area contributed by atoms with E-state index in [9.17, 15) is 21.6 Å². The van der Waals surface area contributed by atoms with Crippen molar-refractivity contribution in [2.45, 2.75) is 24.0 Å². The second-order valence-electron chi connectivity index (χ2n) is 4.08. The van der Waals surface area contributed by atoms with Gasteiger partial charge in [-0.25, -0.2) is 8.42 Å². The van der Waals surface area contributed by atoms with E-state index in [0.717, 1.165) is 22.5 Å². The molecule has 0 heterocycles. The highest BCUT2D eigenvalue weighted by Crippen LogP contribution is 2.31. The van der Waals surface area contributed by atoms with Gasteiger partial charge in [0.25, 0.3) is 0 Å². The number of benzene rings is 1. The smallest absolute Gasteiger partial charge is 0.395 e. The maximum Gasteiger partial charge on any atom is 0.416 e. The molecule has 1 rings (SSSR count). The van der Waals surface area contributed by atoms with E-state index in [1.807, 2.05) is 0 Å². The molecule has 0 bridgehead atoms. The molecule has 0 aromatic heterocycles. The molecule has 4 nitrogen and oxygen atoms in total. The van der Waals surface area contributed by atoms with Crippen molar-refractivity contribution in [2.24, 2.45) is 0 Å². The number of hydrogen-bond donors (Lipinski definition) is 1. The van der Waals surface area contributed by atoms with E-state index in [1.165, 1.54) is 14.0 Å². The summed E-state index contributed by atoms with van der Waals surface area (Å²) in [5, 5.41) is 8.91. The zero-order valence-electron chi connectivity index (χ0n) is 10.3. The summed E-state index contributed by atoms with van der Waals surface area (Å²) in [5.41, 5.74) is -1.03. The molecule has 8 heteroatoms. The zero-order valence-corrected chi connectivity index (χ0v) is 11.2. The molecule has 0 radical (unpaired) electrons. The number of sulfonamides is 1. The summed E-state index contributed by atoms with van der Waals surface area (Å²) in [6, 6.07) is 2.78. The van der Waals surface area contributed by atoms with Gasteiger partial charge in [-0.3, -0.25) is 0 Å². The summed E-state index contributed by atoms with van der Waals surface area (Å²) in [5.74, 6) is 0. The molecule has 108 valence electrons. The molecule has 0 saturated heterocycles. The molecule has 0 aliphatic heterocycles. The number of alkyl halides is 3. The third-order valence-corrected chi connectivity index (χ3v) is 4.69. The first-order valence-corrected chi connectivity index (χ1v) is 6.81. The topological polar surface area (TPSA) is 57.6 Å². The van der Waals surface area contributed by atoms with Gasteiger partial charge in [0.1, 0.15) is 0 Å². The van der Waals surface area contributed by atoms with E-state index in [4.69, 9.17) is 5.11 Å². The lowest BCUT2D eigenvalue weighted by molar-refractivity contribution is -0.137. The van der Waals surface area contributed by atoms with E-state index in [0.29, 0.717) is 6.07 Å². The highest BCUT2D eigenvalue weighted by molar-refractivity contribution is 7.89. The first-order chi connectivity index (χ1) is 8.60. The van der Waals surface area contributed by atoms with E-state index in [2.05, 4.69) is 0 Å². The molecule has 1 atom stereocenters. The highest BCUT2D eigenvalue weighted by Gasteiger charge is 2.33. The molecule has 19 heavy (non-hydrogen) atoms. The third-order valence-electron chi connectivity index (χ3n) is 2.72. The average Bonchev–Trinajstić information content (AvgIpc) is 2.36. The van der Waals surface area contributed by atoms with Crippen LogP contribution in [0.3, 0.4) is 0 Å². The van der Waals surface area contributed by atoms with Crippen molar-refractivity contribution < 1.29 is 26.7 Å². The molecule has 0 aliphatic carbocycles. The van der Waals surface area contributed by atoms with Crippen LogP contribution in [-0.4, -0.2) is 37.5 Å². The third kappa shape index (κ3) is 3.46. The second-order valence-corrected chi connectivity index (χ2v) is 6.08. The molecular weight excluding hydrogens is 283 g/mol. The van der Waals surface area contributed by atoms with Crippen molar-refractivity contribution in [1.82, 2.24) is 4.31 Å². The Balaban J connectivity index is 3.23. The van der Waals surface area contributed by atoms with Gasteiger partial charge in [-0.05, 0) is 25.1 Å². The molecule has 0 saturated carbocycles. The van der Waals surface area contributed by atoms with Crippen molar-refractivity contribution in [2.75, 3.05) is 13.7 Å². The van der Waals surface area contributed by atoms with Gasteiger partial charge in [-0.15, -0.1) is 0 Å². The Hall–Kier alpha value is -1.12. The molecule has 0 amide bonds. The van der Waals surface area contributed by atoms with Gasteiger partial charge in [-0.2, -0.15) is 17.5 Å². The standard InChI is InChI=1S/C11H14F3NO3S/c1-8(7-16)15(2)19(17,18)10-5-3-4-9(6-10)11(12,13)14/h3-6,8,16H,7H2,1-2H3/t8-/m1/s1. The Morgan fingerprint density at radius 1 is 1.37 bits per heavy atom. The van der Waals surface area contributed by atoms with Crippen LogP contribution >= 0.6 is 0 Å². The van der Waals surface area contributed by atoms with Crippen molar-refractivity contribution in [3.05, 3.63) is 29.8 Å². The van der Waals surface area contributed by atoms with Gasteiger partial charge in [0.2, 0.25) is 10.0 Å². The Labute approximate surface area is 109 Å². The van der Waals surface area contributed by atoms with Crippen molar-refractivity contribution in [1.29, 1.82) is 0 Å². The second kappa shape index (κ2) is 5.48. The van der Waals surface area contributed by atoms with Crippen LogP contribution in [0.1, 0.15) is 12.5 Å². The van der Waals surface area contributed by atoms with Crippen molar-refractivity contribution in [3.8, 4) is 0 Å². The lowest BCUT2D eigenvalue weighted by Gasteiger charge is -2.22. The quantitative estimate of drug-likeness (QED) is 0.920. The Bertz CT molecular complexity index is 542. The summed E-state index contributed by atoms with van der Waals surface area (Å²) < 4.78 is 62.6. The molecule has 0 aliphatic rings. The largest absolute Gasteiger partial charge is 0.416 e. The summed E-state index contributed by atoms with van der Waals surface area (Å²) in [7, 11) is -2.85. The first kappa shape index (κ1) is 15.9. The minimum absolute atomic E-state index is 0.422. The molecule has 0 unspecified atom stereocenters. The number of likely N-dealkylation sites (N-methyl/N-ethyl adjacent to an activating group) is 1. The number of aliphatic hydroxyl groups excluding tert-OH is 1. The van der Waals surface area contributed by atoms with E-state index in [-0.39, 0.29) is 0 Å². The van der Waals surface area contributed by atoms with Crippen LogP contribution < -0.4 is 0 Å². The molecule has 1 N–H and O–H groups in total. The van der Waals surface area contributed by atoms with Crippen LogP contribution in [0.25, 0.3) is 0 Å². The van der Waals surface area contributed by atoms with Gasteiger partial charge in [0.15, 0.2) is 0 Å². The Kier molecular flexibility index (Phi) is 4.59. The van der Waals surface area contributed by atoms with Crippen molar-refractivity contribution >= 4 is 10.0 Å². The Morgan fingerprint density at radius 3 is 2.42 bits per heavy atom. The fraction of sp³-hybridized carbons (Fsp3) is 0.455. The first-order valence-electron chi connectivity index (χ1n) is 5.37. The lowest BCUT2D eigenvalue weighted by Crippen LogP contribution is -2.37. The number of halogens is 3. The Morgan fingerprint density at radius 2 is 1.95 bits per heavy atom. The minimum atomic E-state index is -4.60. The lowest BCUT2D eigenvalue weighted by atomic mass is 10.2. The van der Waals surface area contributed by atoms with Gasteiger partial charge in [-0.1, -0.05) is 6.07 Å². The fourth-order valence-corrected chi connectivity index (χ4v) is 2.75. The van der Waals surface area contributed by atoms with Crippen molar-refractivity contribution in [3.63, 3.8) is 0 Å². The maximum atomic E-state index is 12.5. The summed E-state index contributed by atoms with van der Waals surface area (Å²) in [6.07, 6.45) is -4.60. The summed E-state index contributed by atoms with van der Waals surface area (Å²) in [6.45, 7) is 1.03. The van der Waals surface area contributed by atoms with Crippen LogP contribution in [0.5, 0.6) is 0 Å². The molecule has 0 fully saturated rings. The molecule has 1 aromatic carbocycles. The minimum Gasteiger partial charge on any atom is -0.395 e. The summed E-state index contributed by atoms with van der Waals surface area (Å²) in [4.78, 5) is -0.454. The average molecular weight is 297 g/mol. The van der Waals surface area contributed by atoms with Crippen LogP contribution in [0, 0.1) is 0 Å². The van der Waals surface area contributed by atoms with Crippen LogP contribution in [-0.2, 0) is 16.2 Å².